The number of benzene rings is 2. The number of carbonyl (C=O) groups is 1. The topological polar surface area (TPSA) is 38.3 Å². The maximum Gasteiger partial charge on any atom is 0.343 e. The quantitative estimate of drug-likeness (QED) is 0.277. The summed E-state index contributed by atoms with van der Waals surface area (Å²) in [5, 5.41) is 3.18. The van der Waals surface area contributed by atoms with Crippen LogP contribution in [0.1, 0.15) is 11.1 Å². The van der Waals surface area contributed by atoms with E-state index in [0.717, 1.165) is 28.4 Å². The van der Waals surface area contributed by atoms with Gasteiger partial charge in [-0.1, -0.05) is 28.1 Å². The van der Waals surface area contributed by atoms with Crippen LogP contribution in [0.15, 0.2) is 52.5 Å². The summed E-state index contributed by atoms with van der Waals surface area (Å²) in [6.07, 6.45) is 3.65. The van der Waals surface area contributed by atoms with Gasteiger partial charge in [0.2, 0.25) is 0 Å². The third-order valence-electron chi connectivity index (χ3n) is 3.49. The van der Waals surface area contributed by atoms with Crippen LogP contribution in [0.3, 0.4) is 0 Å². The molecule has 0 aliphatic carbocycles. The Morgan fingerprint density at radius 1 is 1.12 bits per heavy atom. The van der Waals surface area contributed by atoms with Crippen molar-refractivity contribution in [2.24, 2.45) is 0 Å². The summed E-state index contributed by atoms with van der Waals surface area (Å²) in [6.45, 7) is 0. The SMILES string of the molecule is CNc1c(I)cc(/C=C2\C=C(c3ccc(Br)cc3)OC2=O)cc1I. The predicted molar refractivity (Wildman–Crippen MR) is 118 cm³/mol. The zero-order valence-corrected chi connectivity index (χ0v) is 18.5. The van der Waals surface area contributed by atoms with Gasteiger partial charge in [0.15, 0.2) is 0 Å². The molecule has 122 valence electrons. The lowest BCUT2D eigenvalue weighted by atomic mass is 10.1. The van der Waals surface area contributed by atoms with Crippen LogP contribution in [0.5, 0.6) is 0 Å². The fourth-order valence-corrected chi connectivity index (χ4v) is 4.96. The van der Waals surface area contributed by atoms with Crippen molar-refractivity contribution >= 4 is 84.6 Å². The second-order valence-corrected chi connectivity index (χ2v) is 8.35. The smallest absolute Gasteiger partial charge is 0.343 e. The number of rotatable bonds is 3. The van der Waals surface area contributed by atoms with Crippen molar-refractivity contribution in [1.82, 2.24) is 0 Å². The highest BCUT2D eigenvalue weighted by atomic mass is 127. The molecule has 6 heteroatoms. The number of anilines is 1. The van der Waals surface area contributed by atoms with Gasteiger partial charge >= 0.3 is 5.97 Å². The van der Waals surface area contributed by atoms with E-state index in [1.54, 1.807) is 6.08 Å². The van der Waals surface area contributed by atoms with Crippen molar-refractivity contribution in [3.8, 4) is 0 Å². The molecular formula is C18H12BrI2NO2. The average molecular weight is 608 g/mol. The highest BCUT2D eigenvalue weighted by Gasteiger charge is 2.22. The lowest BCUT2D eigenvalue weighted by Gasteiger charge is -2.08. The van der Waals surface area contributed by atoms with Crippen molar-refractivity contribution < 1.29 is 9.53 Å². The van der Waals surface area contributed by atoms with Crippen LogP contribution < -0.4 is 5.32 Å². The van der Waals surface area contributed by atoms with E-state index in [1.165, 1.54) is 0 Å². The van der Waals surface area contributed by atoms with Crippen molar-refractivity contribution in [3.05, 3.63) is 70.8 Å². The molecule has 1 aliphatic rings. The molecule has 0 radical (unpaired) electrons. The molecule has 0 atom stereocenters. The first-order valence-corrected chi connectivity index (χ1v) is 10.0. The first-order valence-electron chi connectivity index (χ1n) is 7.06. The molecule has 2 aromatic rings. The molecule has 0 unspecified atom stereocenters. The summed E-state index contributed by atoms with van der Waals surface area (Å²) in [7, 11) is 1.90. The zero-order valence-electron chi connectivity index (χ0n) is 12.6. The van der Waals surface area contributed by atoms with Gasteiger partial charge in [0.1, 0.15) is 5.76 Å². The number of nitrogens with one attached hydrogen (secondary N) is 1. The van der Waals surface area contributed by atoms with Gasteiger partial charge in [-0.05, 0) is 87.2 Å². The van der Waals surface area contributed by atoms with E-state index in [-0.39, 0.29) is 5.97 Å². The van der Waals surface area contributed by atoms with Gasteiger partial charge in [-0.3, -0.25) is 0 Å². The Morgan fingerprint density at radius 3 is 2.33 bits per heavy atom. The molecule has 0 spiro atoms. The van der Waals surface area contributed by atoms with Crippen LogP contribution in [0.2, 0.25) is 0 Å². The molecule has 0 saturated heterocycles. The van der Waals surface area contributed by atoms with E-state index >= 15 is 0 Å². The van der Waals surface area contributed by atoms with E-state index in [1.807, 2.05) is 49.5 Å². The Morgan fingerprint density at radius 2 is 1.75 bits per heavy atom. The van der Waals surface area contributed by atoms with Crippen LogP contribution in [0.25, 0.3) is 11.8 Å². The molecule has 1 N–H and O–H groups in total. The molecule has 24 heavy (non-hydrogen) atoms. The fraction of sp³-hybridized carbons (Fsp3) is 0.0556. The second kappa shape index (κ2) is 7.57. The molecule has 1 aliphatic heterocycles. The van der Waals surface area contributed by atoms with Gasteiger partial charge in [-0.25, -0.2) is 4.79 Å². The second-order valence-electron chi connectivity index (χ2n) is 5.11. The molecule has 0 fully saturated rings. The Balaban J connectivity index is 1.95. The Hall–Kier alpha value is -0.870. The lowest BCUT2D eigenvalue weighted by Crippen LogP contribution is -1.98. The molecule has 0 saturated carbocycles. The Labute approximate surface area is 176 Å². The standard InChI is InChI=1S/C18H12BrI2NO2/c1-22-17-14(20)7-10(8-15(17)21)6-12-9-16(24-18(12)23)11-2-4-13(19)5-3-11/h2-9,22H,1H3/b12-6+. The number of carbonyl (C=O) groups excluding carboxylic acids is 1. The summed E-state index contributed by atoms with van der Waals surface area (Å²) in [6, 6.07) is 11.8. The van der Waals surface area contributed by atoms with Crippen molar-refractivity contribution in [1.29, 1.82) is 0 Å². The van der Waals surface area contributed by atoms with Crippen molar-refractivity contribution in [2.75, 3.05) is 12.4 Å². The van der Waals surface area contributed by atoms with E-state index in [4.69, 9.17) is 4.74 Å². The van der Waals surface area contributed by atoms with Gasteiger partial charge in [-0.15, -0.1) is 0 Å². The molecule has 0 amide bonds. The van der Waals surface area contributed by atoms with Gasteiger partial charge in [-0.2, -0.15) is 0 Å². The largest absolute Gasteiger partial charge is 0.422 e. The monoisotopic (exact) mass is 607 g/mol. The number of hydrogen-bond acceptors (Lipinski definition) is 3. The predicted octanol–water partition coefficient (Wildman–Crippen LogP) is 5.68. The minimum Gasteiger partial charge on any atom is -0.422 e. The van der Waals surface area contributed by atoms with Crippen LogP contribution in [0, 0.1) is 7.14 Å². The molecule has 0 aromatic heterocycles. The molecular weight excluding hydrogens is 596 g/mol. The minimum absolute atomic E-state index is 0.323. The number of hydrogen-bond donors (Lipinski definition) is 1. The van der Waals surface area contributed by atoms with Gasteiger partial charge in [0, 0.05) is 24.2 Å². The number of cyclic esters (lactones) is 1. The maximum atomic E-state index is 12.2. The van der Waals surface area contributed by atoms with Crippen LogP contribution in [-0.2, 0) is 9.53 Å². The molecule has 3 rings (SSSR count). The van der Waals surface area contributed by atoms with Gasteiger partial charge < -0.3 is 10.1 Å². The Bertz CT molecular complexity index is 850. The summed E-state index contributed by atoms with van der Waals surface area (Å²) in [5.74, 6) is 0.255. The zero-order chi connectivity index (χ0) is 17.3. The maximum absolute atomic E-state index is 12.2. The van der Waals surface area contributed by atoms with Crippen LogP contribution in [-0.4, -0.2) is 13.0 Å². The summed E-state index contributed by atoms with van der Waals surface area (Å²) in [5.41, 5.74) is 3.50. The minimum atomic E-state index is -0.323. The first kappa shape index (κ1) is 17.9. The van der Waals surface area contributed by atoms with Crippen LogP contribution in [0.4, 0.5) is 5.69 Å². The van der Waals surface area contributed by atoms with E-state index in [0.29, 0.717) is 11.3 Å². The van der Waals surface area contributed by atoms with Gasteiger partial charge in [0.25, 0.3) is 0 Å². The number of ether oxygens (including phenoxy) is 1. The normalized spacial score (nSPS) is 15.4. The summed E-state index contributed by atoms with van der Waals surface area (Å²) >= 11 is 7.98. The molecule has 3 nitrogen and oxygen atoms in total. The third kappa shape index (κ3) is 3.85. The highest BCUT2D eigenvalue weighted by Crippen LogP contribution is 2.30. The average Bonchev–Trinajstić information content (AvgIpc) is 2.89. The molecule has 2 aromatic carbocycles. The third-order valence-corrected chi connectivity index (χ3v) is 5.72. The van der Waals surface area contributed by atoms with Crippen molar-refractivity contribution in [3.63, 3.8) is 0 Å². The van der Waals surface area contributed by atoms with E-state index in [9.17, 15) is 4.79 Å². The van der Waals surface area contributed by atoms with Crippen molar-refractivity contribution in [2.45, 2.75) is 0 Å². The lowest BCUT2D eigenvalue weighted by molar-refractivity contribution is -0.130. The van der Waals surface area contributed by atoms with Crippen LogP contribution >= 0.6 is 61.1 Å². The summed E-state index contributed by atoms with van der Waals surface area (Å²) < 4.78 is 8.60. The van der Waals surface area contributed by atoms with E-state index < -0.39 is 0 Å². The van der Waals surface area contributed by atoms with Gasteiger partial charge in [0.05, 0.1) is 11.3 Å². The highest BCUT2D eigenvalue weighted by molar-refractivity contribution is 14.1. The number of esters is 1. The summed E-state index contributed by atoms with van der Waals surface area (Å²) in [4.78, 5) is 12.2. The van der Waals surface area contributed by atoms with E-state index in [2.05, 4.69) is 66.4 Å². The molecule has 1 heterocycles. The Kier molecular flexibility index (Phi) is 5.66. The first-order chi connectivity index (χ1) is 11.5. The molecule has 0 bridgehead atoms. The fourth-order valence-electron chi connectivity index (χ4n) is 2.34. The number of halogens is 3.